The summed E-state index contributed by atoms with van der Waals surface area (Å²) < 4.78 is 0. The molecule has 94 valence electrons. The maximum absolute atomic E-state index is 3.61. The van der Waals surface area contributed by atoms with Gasteiger partial charge in [0.15, 0.2) is 0 Å². The third-order valence-electron chi connectivity index (χ3n) is 3.81. The Morgan fingerprint density at radius 1 is 0.842 bits per heavy atom. The molecule has 0 saturated carbocycles. The molecule has 2 N–H and O–H groups in total. The first-order chi connectivity index (χ1) is 9.42. The van der Waals surface area contributed by atoms with E-state index in [9.17, 15) is 0 Å². The summed E-state index contributed by atoms with van der Waals surface area (Å²) in [5, 5.41) is 11.5. The van der Waals surface area contributed by atoms with E-state index in [4.69, 9.17) is 0 Å². The first kappa shape index (κ1) is 10.1. The van der Waals surface area contributed by atoms with Gasteiger partial charge in [-0.05, 0) is 39.5 Å². The monoisotopic (exact) mass is 284 g/mol. The standard InChI is InChI=1S/C14H9BN2S2.2H2/c1-2-8-12-9(3-1)14-11(5-7-19-14)17-15(12)16-10-4-6-18-13(8)10;;/h1-7,16-17H;2*1H. The molecule has 2 aromatic heterocycles. The van der Waals surface area contributed by atoms with Crippen LogP contribution in [0.15, 0.2) is 41.1 Å². The van der Waals surface area contributed by atoms with Gasteiger partial charge in [0.05, 0.1) is 9.75 Å². The third-order valence-corrected chi connectivity index (χ3v) is 5.71. The number of hydrogen-bond donors (Lipinski definition) is 2. The van der Waals surface area contributed by atoms with Crippen molar-refractivity contribution in [1.29, 1.82) is 0 Å². The summed E-state index contributed by atoms with van der Waals surface area (Å²) in [5.74, 6) is 0. The van der Waals surface area contributed by atoms with Gasteiger partial charge in [0.2, 0.25) is 0 Å². The molecule has 19 heavy (non-hydrogen) atoms. The molecule has 0 atom stereocenters. The lowest BCUT2D eigenvalue weighted by Gasteiger charge is -2.31. The molecule has 0 unspecified atom stereocenters. The number of anilines is 2. The van der Waals surface area contributed by atoms with Crippen molar-refractivity contribution in [2.75, 3.05) is 10.5 Å². The van der Waals surface area contributed by atoms with Crippen LogP contribution in [0.4, 0.5) is 11.4 Å². The maximum Gasteiger partial charge on any atom is 0.407 e. The van der Waals surface area contributed by atoms with Crippen LogP contribution >= 0.6 is 22.7 Å². The predicted octanol–water partition coefficient (Wildman–Crippen LogP) is 4.18. The van der Waals surface area contributed by atoms with Crippen molar-refractivity contribution in [2.24, 2.45) is 0 Å². The van der Waals surface area contributed by atoms with Crippen LogP contribution in [0, 0.1) is 0 Å². The molecular weight excluding hydrogens is 271 g/mol. The lowest BCUT2D eigenvalue weighted by Crippen LogP contribution is -2.51. The molecule has 2 aliphatic rings. The van der Waals surface area contributed by atoms with Crippen LogP contribution in [0.1, 0.15) is 2.85 Å². The number of hydrogen-bond acceptors (Lipinski definition) is 4. The highest BCUT2D eigenvalue weighted by atomic mass is 32.1. The zero-order valence-corrected chi connectivity index (χ0v) is 11.6. The van der Waals surface area contributed by atoms with Crippen molar-refractivity contribution >= 4 is 46.5 Å². The number of benzene rings is 1. The quantitative estimate of drug-likeness (QED) is 0.605. The summed E-state index contributed by atoms with van der Waals surface area (Å²) in [5.41, 5.74) is 6.62. The van der Waals surface area contributed by atoms with Crippen molar-refractivity contribution in [1.82, 2.24) is 0 Å². The van der Waals surface area contributed by atoms with Crippen LogP contribution < -0.4 is 15.9 Å². The Kier molecular flexibility index (Phi) is 1.83. The highest BCUT2D eigenvalue weighted by Gasteiger charge is 2.36. The molecule has 0 aliphatic carbocycles. The fraction of sp³-hybridized carbons (Fsp3) is 0. The van der Waals surface area contributed by atoms with Crippen molar-refractivity contribution in [3.63, 3.8) is 0 Å². The topological polar surface area (TPSA) is 24.1 Å². The minimum absolute atomic E-state index is 0. The van der Waals surface area contributed by atoms with Gasteiger partial charge in [-0.2, -0.15) is 0 Å². The average molecular weight is 284 g/mol. The molecule has 0 amide bonds. The van der Waals surface area contributed by atoms with E-state index >= 15 is 0 Å². The molecule has 2 nitrogen and oxygen atoms in total. The van der Waals surface area contributed by atoms with Gasteiger partial charge in [0, 0.05) is 14.2 Å². The molecule has 2 aliphatic heterocycles. The Morgan fingerprint density at radius 3 is 2.00 bits per heavy atom. The zero-order valence-electron chi connectivity index (χ0n) is 9.94. The molecule has 5 rings (SSSR count). The van der Waals surface area contributed by atoms with Crippen LogP contribution in [0.2, 0.25) is 0 Å². The summed E-state index contributed by atoms with van der Waals surface area (Å²) in [6.07, 6.45) is 0. The Balaban J connectivity index is 0.000000661. The fourth-order valence-corrected chi connectivity index (χ4v) is 4.82. The smallest absolute Gasteiger partial charge is 0.404 e. The van der Waals surface area contributed by atoms with Crippen molar-refractivity contribution in [3.05, 3.63) is 41.1 Å². The minimum atomic E-state index is 0. The summed E-state index contributed by atoms with van der Waals surface area (Å²) in [4.78, 5) is 2.71. The lowest BCUT2D eigenvalue weighted by atomic mass is 9.59. The van der Waals surface area contributed by atoms with Crippen molar-refractivity contribution in [3.8, 4) is 20.9 Å². The molecule has 5 heteroatoms. The normalized spacial score (nSPS) is 14.0. The molecule has 0 fully saturated rings. The molecule has 0 radical (unpaired) electrons. The van der Waals surface area contributed by atoms with Crippen LogP contribution in [-0.2, 0) is 0 Å². The first-order valence-electron chi connectivity index (χ1n) is 6.23. The molecule has 4 heterocycles. The van der Waals surface area contributed by atoms with Crippen LogP contribution in [0.3, 0.4) is 0 Å². The Morgan fingerprint density at radius 2 is 1.42 bits per heavy atom. The number of thiophene rings is 2. The molecule has 0 saturated heterocycles. The van der Waals surface area contributed by atoms with E-state index in [-0.39, 0.29) is 9.84 Å². The number of rotatable bonds is 0. The molecule has 0 spiro atoms. The van der Waals surface area contributed by atoms with Crippen LogP contribution in [0.25, 0.3) is 20.9 Å². The number of nitrogens with one attached hydrogen (secondary N) is 2. The van der Waals surface area contributed by atoms with E-state index < -0.39 is 0 Å². The van der Waals surface area contributed by atoms with Gasteiger partial charge in [0.1, 0.15) is 0 Å². The second-order valence-corrected chi connectivity index (χ2v) is 6.65. The van der Waals surface area contributed by atoms with Crippen molar-refractivity contribution < 1.29 is 2.85 Å². The maximum atomic E-state index is 3.61. The van der Waals surface area contributed by atoms with E-state index in [1.54, 1.807) is 0 Å². The Labute approximate surface area is 122 Å². The van der Waals surface area contributed by atoms with E-state index in [2.05, 4.69) is 51.5 Å². The van der Waals surface area contributed by atoms with E-state index in [0.29, 0.717) is 0 Å². The molecule has 0 bridgehead atoms. The van der Waals surface area contributed by atoms with Gasteiger partial charge in [-0.1, -0.05) is 18.2 Å². The minimum Gasteiger partial charge on any atom is -0.404 e. The van der Waals surface area contributed by atoms with Gasteiger partial charge >= 0.3 is 6.98 Å². The molecule has 1 aromatic carbocycles. The van der Waals surface area contributed by atoms with Crippen LogP contribution in [-0.4, -0.2) is 6.98 Å². The predicted molar refractivity (Wildman–Crippen MR) is 89.9 cm³/mol. The van der Waals surface area contributed by atoms with Gasteiger partial charge < -0.3 is 10.5 Å². The van der Waals surface area contributed by atoms with Crippen LogP contribution in [0.5, 0.6) is 0 Å². The highest BCUT2D eigenvalue weighted by molar-refractivity contribution is 7.16. The second-order valence-electron chi connectivity index (χ2n) is 4.82. The zero-order chi connectivity index (χ0) is 12.4. The largest absolute Gasteiger partial charge is 0.407 e. The Hall–Kier alpha value is -1.72. The summed E-state index contributed by atoms with van der Waals surface area (Å²) in [6, 6.07) is 11.0. The summed E-state index contributed by atoms with van der Waals surface area (Å²) in [7, 11) is 0. The fourth-order valence-electron chi connectivity index (χ4n) is 3.03. The van der Waals surface area contributed by atoms with E-state index in [0.717, 1.165) is 0 Å². The molecular formula is C14H13BN2S2. The lowest BCUT2D eigenvalue weighted by molar-refractivity contribution is 1.59. The highest BCUT2D eigenvalue weighted by Crippen LogP contribution is 2.43. The average Bonchev–Trinajstić information content (AvgIpc) is 3.07. The third kappa shape index (κ3) is 1.22. The van der Waals surface area contributed by atoms with Gasteiger partial charge in [-0.25, -0.2) is 0 Å². The number of fused-ring (bicyclic) bond motifs is 4. The van der Waals surface area contributed by atoms with Gasteiger partial charge in [0.25, 0.3) is 0 Å². The SMILES string of the molecule is [HH].[HH].c1cc2c3c(c1)-c1sccc1NB3Nc1ccsc1-2. The van der Waals surface area contributed by atoms with Gasteiger partial charge in [-0.3, -0.25) is 0 Å². The summed E-state index contributed by atoms with van der Waals surface area (Å²) in [6.45, 7) is 0.190. The first-order valence-corrected chi connectivity index (χ1v) is 7.99. The Bertz CT molecular complexity index is 752. The van der Waals surface area contributed by atoms with Gasteiger partial charge in [-0.15, -0.1) is 22.7 Å². The molecule has 3 aromatic rings. The second kappa shape index (κ2) is 3.43. The van der Waals surface area contributed by atoms with E-state index in [1.165, 1.54) is 37.7 Å². The summed E-state index contributed by atoms with van der Waals surface area (Å²) >= 11 is 3.62. The van der Waals surface area contributed by atoms with E-state index in [1.807, 2.05) is 22.7 Å². The van der Waals surface area contributed by atoms with Crippen molar-refractivity contribution in [2.45, 2.75) is 0 Å².